The lowest BCUT2D eigenvalue weighted by Gasteiger charge is -2.18. The third-order valence-corrected chi connectivity index (χ3v) is 6.08. The summed E-state index contributed by atoms with van der Waals surface area (Å²) in [7, 11) is 0. The minimum Gasteiger partial charge on any atom is -0.478 e. The lowest BCUT2D eigenvalue weighted by molar-refractivity contribution is -0.121. The molecular formula is C24H18N2O3S2. The SMILES string of the molecule is Cc1ccc(-c2ccc(C=C3SC(=S)N(Nc4ccccc4C(=O)O)C3=O)cc2)cc1. The second kappa shape index (κ2) is 8.75. The summed E-state index contributed by atoms with van der Waals surface area (Å²) in [4.78, 5) is 24.7. The maximum absolute atomic E-state index is 12.9. The summed E-state index contributed by atoms with van der Waals surface area (Å²) in [5.74, 6) is -1.41. The van der Waals surface area contributed by atoms with E-state index in [2.05, 4.69) is 36.6 Å². The van der Waals surface area contributed by atoms with Crippen LogP contribution in [0.1, 0.15) is 21.5 Å². The number of benzene rings is 3. The fourth-order valence-electron chi connectivity index (χ4n) is 3.12. The number of nitrogens with zero attached hydrogens (tertiary/aromatic N) is 1. The number of aryl methyl sites for hydroxylation is 1. The predicted octanol–water partition coefficient (Wildman–Crippen LogP) is 5.59. The zero-order chi connectivity index (χ0) is 22.0. The van der Waals surface area contributed by atoms with Crippen molar-refractivity contribution in [2.24, 2.45) is 0 Å². The van der Waals surface area contributed by atoms with Gasteiger partial charge in [-0.1, -0.05) is 78.0 Å². The van der Waals surface area contributed by atoms with Crippen molar-refractivity contribution in [2.75, 3.05) is 5.43 Å². The van der Waals surface area contributed by atoms with E-state index < -0.39 is 5.97 Å². The Balaban J connectivity index is 1.53. The minimum absolute atomic E-state index is 0.0622. The highest BCUT2D eigenvalue weighted by molar-refractivity contribution is 8.26. The van der Waals surface area contributed by atoms with Crippen LogP contribution in [0.5, 0.6) is 0 Å². The van der Waals surface area contributed by atoms with Crippen LogP contribution in [0.25, 0.3) is 17.2 Å². The van der Waals surface area contributed by atoms with Gasteiger partial charge >= 0.3 is 5.97 Å². The molecular weight excluding hydrogens is 428 g/mol. The fourth-order valence-corrected chi connectivity index (χ4v) is 4.30. The first-order chi connectivity index (χ1) is 14.9. The van der Waals surface area contributed by atoms with Gasteiger partial charge in [-0.05, 0) is 54.0 Å². The standard InChI is InChI=1S/C24H18N2O3S2/c1-15-6-10-17(11-7-15)18-12-8-16(9-13-18)14-21-22(27)26(24(30)31-21)25-20-5-3-2-4-19(20)23(28)29/h2-14,25H,1H3,(H,28,29). The van der Waals surface area contributed by atoms with Crippen LogP contribution in [0.4, 0.5) is 5.69 Å². The Bertz CT molecular complexity index is 1200. The highest BCUT2D eigenvalue weighted by atomic mass is 32.2. The van der Waals surface area contributed by atoms with Gasteiger partial charge in [-0.2, -0.15) is 0 Å². The number of hydrogen-bond acceptors (Lipinski definition) is 5. The van der Waals surface area contributed by atoms with Crippen molar-refractivity contribution in [3.63, 3.8) is 0 Å². The molecule has 0 bridgehead atoms. The first kappa shape index (κ1) is 20.8. The summed E-state index contributed by atoms with van der Waals surface area (Å²) in [6.45, 7) is 2.05. The van der Waals surface area contributed by atoms with Gasteiger partial charge in [-0.15, -0.1) is 0 Å². The van der Waals surface area contributed by atoms with Crippen molar-refractivity contribution in [2.45, 2.75) is 6.92 Å². The van der Waals surface area contributed by atoms with E-state index in [1.54, 1.807) is 24.3 Å². The largest absolute Gasteiger partial charge is 0.478 e. The molecule has 154 valence electrons. The van der Waals surface area contributed by atoms with Crippen molar-refractivity contribution < 1.29 is 14.7 Å². The third kappa shape index (κ3) is 4.52. The molecule has 0 saturated carbocycles. The number of carboxylic acids is 1. The maximum Gasteiger partial charge on any atom is 0.337 e. The highest BCUT2D eigenvalue weighted by Crippen LogP contribution is 2.33. The van der Waals surface area contributed by atoms with Gasteiger partial charge in [0.05, 0.1) is 16.2 Å². The number of hydrazine groups is 1. The molecule has 0 aromatic heterocycles. The topological polar surface area (TPSA) is 69.6 Å². The molecule has 0 spiro atoms. The van der Waals surface area contributed by atoms with Crippen LogP contribution in [0.2, 0.25) is 0 Å². The Labute approximate surface area is 189 Å². The van der Waals surface area contributed by atoms with Gasteiger partial charge in [0.15, 0.2) is 4.32 Å². The maximum atomic E-state index is 12.9. The number of carbonyl (C=O) groups is 2. The van der Waals surface area contributed by atoms with Gasteiger partial charge < -0.3 is 5.11 Å². The van der Waals surface area contributed by atoms with Crippen molar-refractivity contribution in [1.82, 2.24) is 5.01 Å². The molecule has 3 aromatic rings. The Morgan fingerprint density at radius 2 is 1.61 bits per heavy atom. The number of thioether (sulfide) groups is 1. The quantitative estimate of drug-likeness (QED) is 0.393. The second-order valence-corrected chi connectivity index (χ2v) is 8.64. The van der Waals surface area contributed by atoms with Gasteiger partial charge in [-0.3, -0.25) is 10.2 Å². The second-order valence-electron chi connectivity index (χ2n) is 6.97. The van der Waals surface area contributed by atoms with E-state index in [-0.39, 0.29) is 11.5 Å². The molecule has 5 nitrogen and oxygen atoms in total. The predicted molar refractivity (Wildman–Crippen MR) is 129 cm³/mol. The first-order valence-electron chi connectivity index (χ1n) is 9.46. The monoisotopic (exact) mass is 446 g/mol. The Morgan fingerprint density at radius 3 is 2.26 bits per heavy atom. The van der Waals surface area contributed by atoms with E-state index in [0.29, 0.717) is 14.9 Å². The molecule has 1 aliphatic rings. The van der Waals surface area contributed by atoms with Crippen LogP contribution >= 0.6 is 24.0 Å². The summed E-state index contributed by atoms with van der Waals surface area (Å²) in [6.07, 6.45) is 1.78. The number of aromatic carboxylic acids is 1. The summed E-state index contributed by atoms with van der Waals surface area (Å²) >= 11 is 6.50. The molecule has 31 heavy (non-hydrogen) atoms. The number of rotatable bonds is 5. The van der Waals surface area contributed by atoms with E-state index in [1.807, 2.05) is 24.3 Å². The van der Waals surface area contributed by atoms with Gasteiger partial charge in [0.25, 0.3) is 5.91 Å². The molecule has 3 aromatic carbocycles. The molecule has 0 unspecified atom stereocenters. The Hall–Kier alpha value is -3.42. The zero-order valence-corrected chi connectivity index (χ0v) is 18.2. The molecule has 1 saturated heterocycles. The summed E-state index contributed by atoms with van der Waals surface area (Å²) < 4.78 is 0.313. The van der Waals surface area contributed by atoms with Crippen molar-refractivity contribution in [3.8, 4) is 11.1 Å². The smallest absolute Gasteiger partial charge is 0.337 e. The number of carbonyl (C=O) groups excluding carboxylic acids is 1. The molecule has 1 aliphatic heterocycles. The van der Waals surface area contributed by atoms with Crippen molar-refractivity contribution in [1.29, 1.82) is 0 Å². The van der Waals surface area contributed by atoms with Crippen molar-refractivity contribution in [3.05, 3.63) is 94.4 Å². The summed E-state index contributed by atoms with van der Waals surface area (Å²) in [6, 6.07) is 22.6. The van der Waals surface area contributed by atoms with Crippen LogP contribution < -0.4 is 5.43 Å². The van der Waals surface area contributed by atoms with Crippen molar-refractivity contribution >= 4 is 51.9 Å². The number of nitrogens with one attached hydrogen (secondary N) is 1. The molecule has 1 amide bonds. The number of carboxylic acid groups (broad SMARTS) is 1. The highest BCUT2D eigenvalue weighted by Gasteiger charge is 2.33. The summed E-state index contributed by atoms with van der Waals surface area (Å²) in [5.41, 5.74) is 7.52. The van der Waals surface area contributed by atoms with Crippen LogP contribution in [0, 0.1) is 6.92 Å². The van der Waals surface area contributed by atoms with Crippen LogP contribution in [0.3, 0.4) is 0 Å². The van der Waals surface area contributed by atoms with Crippen LogP contribution in [-0.2, 0) is 4.79 Å². The molecule has 4 rings (SSSR count). The van der Waals surface area contributed by atoms with E-state index in [9.17, 15) is 14.7 Å². The average molecular weight is 447 g/mol. The molecule has 1 fully saturated rings. The normalized spacial score (nSPS) is 14.9. The van der Waals surface area contributed by atoms with Crippen LogP contribution in [0.15, 0.2) is 77.7 Å². The Kier molecular flexibility index (Phi) is 5.88. The lowest BCUT2D eigenvalue weighted by Crippen LogP contribution is -2.34. The zero-order valence-electron chi connectivity index (χ0n) is 16.5. The van der Waals surface area contributed by atoms with Gasteiger partial charge in [-0.25, -0.2) is 9.80 Å². The fraction of sp³-hybridized carbons (Fsp3) is 0.0417. The number of amides is 1. The van der Waals surface area contributed by atoms with E-state index >= 15 is 0 Å². The summed E-state index contributed by atoms with van der Waals surface area (Å²) in [5, 5.41) is 10.5. The number of thiocarbonyl (C=S) groups is 1. The van der Waals surface area contributed by atoms with E-state index in [1.165, 1.54) is 28.4 Å². The first-order valence-corrected chi connectivity index (χ1v) is 10.7. The van der Waals surface area contributed by atoms with E-state index in [0.717, 1.165) is 16.7 Å². The van der Waals surface area contributed by atoms with Gasteiger partial charge in [0, 0.05) is 0 Å². The molecule has 1 heterocycles. The molecule has 2 N–H and O–H groups in total. The average Bonchev–Trinajstić information content (AvgIpc) is 3.02. The number of hydrogen-bond donors (Lipinski definition) is 2. The third-order valence-electron chi connectivity index (χ3n) is 4.78. The van der Waals surface area contributed by atoms with Gasteiger partial charge in [0.2, 0.25) is 0 Å². The molecule has 0 atom stereocenters. The van der Waals surface area contributed by atoms with Crippen LogP contribution in [-0.4, -0.2) is 26.3 Å². The number of anilines is 1. The minimum atomic E-state index is -1.09. The number of para-hydroxylation sites is 1. The molecule has 7 heteroatoms. The Morgan fingerprint density at radius 1 is 1.00 bits per heavy atom. The molecule has 0 radical (unpaired) electrons. The van der Waals surface area contributed by atoms with E-state index in [4.69, 9.17) is 12.2 Å². The molecule has 0 aliphatic carbocycles. The lowest BCUT2D eigenvalue weighted by atomic mass is 10.0. The van der Waals surface area contributed by atoms with Gasteiger partial charge in [0.1, 0.15) is 0 Å².